The van der Waals surface area contributed by atoms with E-state index in [0.717, 1.165) is 6.20 Å². The summed E-state index contributed by atoms with van der Waals surface area (Å²) in [6.07, 6.45) is 0.979. The fourth-order valence-corrected chi connectivity index (χ4v) is 2.93. The summed E-state index contributed by atoms with van der Waals surface area (Å²) in [6, 6.07) is 14.9. The highest BCUT2D eigenvalue weighted by atomic mass is 19.4. The number of carbonyl (C=O) groups excluding carboxylic acids is 1. The van der Waals surface area contributed by atoms with Crippen LogP contribution in [0, 0.1) is 0 Å². The van der Waals surface area contributed by atoms with Crippen LogP contribution in [0.2, 0.25) is 0 Å². The number of hydrogen-bond acceptors (Lipinski definition) is 3. The number of aromatic nitrogens is 4. The molecule has 0 radical (unpaired) electrons. The molecule has 146 valence electrons. The summed E-state index contributed by atoms with van der Waals surface area (Å²) in [7, 11) is 0. The van der Waals surface area contributed by atoms with E-state index < -0.39 is 23.3 Å². The summed E-state index contributed by atoms with van der Waals surface area (Å²) in [5.74, 6) is -0.953. The Bertz CT molecular complexity index is 1130. The first-order valence-corrected chi connectivity index (χ1v) is 8.55. The lowest BCUT2D eigenvalue weighted by atomic mass is 10.2. The van der Waals surface area contributed by atoms with Crippen LogP contribution in [-0.4, -0.2) is 25.2 Å². The number of carbonyl (C=O) groups is 1. The summed E-state index contributed by atoms with van der Waals surface area (Å²) < 4.78 is 43.6. The van der Waals surface area contributed by atoms with Gasteiger partial charge in [0.1, 0.15) is 0 Å². The SMILES string of the molecule is O=C(Nc1ccccc1-n1cccc1)c1cnn(-c2ccccn2)c1C(F)(F)F. The minimum absolute atomic E-state index is 0.0355. The first kappa shape index (κ1) is 18.5. The zero-order valence-electron chi connectivity index (χ0n) is 14.8. The summed E-state index contributed by atoms with van der Waals surface area (Å²) in [5.41, 5.74) is -0.790. The Labute approximate surface area is 163 Å². The van der Waals surface area contributed by atoms with Crippen LogP contribution in [0.15, 0.2) is 79.4 Å². The number of hydrogen-bond donors (Lipinski definition) is 1. The molecule has 1 N–H and O–H groups in total. The first-order valence-electron chi connectivity index (χ1n) is 8.55. The van der Waals surface area contributed by atoms with Gasteiger partial charge in [-0.05, 0) is 36.4 Å². The maximum absolute atomic E-state index is 13.8. The average Bonchev–Trinajstić information content (AvgIpc) is 3.39. The van der Waals surface area contributed by atoms with Gasteiger partial charge in [-0.15, -0.1) is 0 Å². The normalized spacial score (nSPS) is 11.4. The zero-order chi connectivity index (χ0) is 20.4. The summed E-state index contributed by atoms with van der Waals surface area (Å²) in [4.78, 5) is 16.6. The monoisotopic (exact) mass is 397 g/mol. The van der Waals surface area contributed by atoms with E-state index in [1.54, 1.807) is 59.4 Å². The van der Waals surface area contributed by atoms with Gasteiger partial charge in [0.25, 0.3) is 5.91 Å². The molecular weight excluding hydrogens is 383 g/mol. The van der Waals surface area contributed by atoms with E-state index in [4.69, 9.17) is 0 Å². The highest BCUT2D eigenvalue weighted by Gasteiger charge is 2.41. The molecular formula is C20H14F3N5O. The number of halogens is 3. The van der Waals surface area contributed by atoms with E-state index in [-0.39, 0.29) is 5.82 Å². The van der Waals surface area contributed by atoms with Crippen LogP contribution >= 0.6 is 0 Å². The lowest BCUT2D eigenvalue weighted by Crippen LogP contribution is -2.21. The smallest absolute Gasteiger partial charge is 0.322 e. The zero-order valence-corrected chi connectivity index (χ0v) is 14.8. The van der Waals surface area contributed by atoms with Gasteiger partial charge in [-0.25, -0.2) is 9.67 Å². The van der Waals surface area contributed by atoms with E-state index in [1.807, 2.05) is 0 Å². The van der Waals surface area contributed by atoms with Crippen LogP contribution in [0.4, 0.5) is 18.9 Å². The van der Waals surface area contributed by atoms with Crippen molar-refractivity contribution in [1.29, 1.82) is 0 Å². The molecule has 3 heterocycles. The molecule has 0 bridgehead atoms. The Kier molecular flexibility index (Phi) is 4.63. The van der Waals surface area contributed by atoms with Crippen LogP contribution in [-0.2, 0) is 6.18 Å². The maximum Gasteiger partial charge on any atom is 0.434 e. The van der Waals surface area contributed by atoms with Gasteiger partial charge in [0.2, 0.25) is 0 Å². The number of para-hydroxylation sites is 2. The van der Waals surface area contributed by atoms with E-state index in [9.17, 15) is 18.0 Å². The number of amides is 1. The van der Waals surface area contributed by atoms with Gasteiger partial charge in [0.15, 0.2) is 11.5 Å². The van der Waals surface area contributed by atoms with Crippen molar-refractivity contribution < 1.29 is 18.0 Å². The van der Waals surface area contributed by atoms with Crippen molar-refractivity contribution in [1.82, 2.24) is 19.3 Å². The van der Waals surface area contributed by atoms with Crippen molar-refractivity contribution in [2.75, 3.05) is 5.32 Å². The lowest BCUT2D eigenvalue weighted by molar-refractivity contribution is -0.143. The standard InChI is InChI=1S/C20H14F3N5O/c21-20(22,23)18-14(13-25-28(18)17-9-3-4-10-24-17)19(29)26-15-7-1-2-8-16(15)27-11-5-6-12-27/h1-13H,(H,26,29). The molecule has 4 aromatic rings. The molecule has 9 heteroatoms. The number of rotatable bonds is 4. The lowest BCUT2D eigenvalue weighted by Gasteiger charge is -2.14. The molecule has 0 saturated carbocycles. The van der Waals surface area contributed by atoms with Crippen LogP contribution in [0.5, 0.6) is 0 Å². The van der Waals surface area contributed by atoms with E-state index in [1.165, 1.54) is 18.3 Å². The second-order valence-corrected chi connectivity index (χ2v) is 6.07. The summed E-state index contributed by atoms with van der Waals surface area (Å²) in [5, 5.41) is 6.31. The molecule has 0 aliphatic carbocycles. The highest BCUT2D eigenvalue weighted by Crippen LogP contribution is 2.34. The summed E-state index contributed by atoms with van der Waals surface area (Å²) >= 11 is 0. The van der Waals surface area contributed by atoms with Crippen molar-refractivity contribution in [2.24, 2.45) is 0 Å². The number of benzene rings is 1. The van der Waals surface area contributed by atoms with Crippen molar-refractivity contribution in [3.63, 3.8) is 0 Å². The van der Waals surface area contributed by atoms with Crippen LogP contribution in [0.1, 0.15) is 16.1 Å². The number of alkyl halides is 3. The van der Waals surface area contributed by atoms with Gasteiger partial charge < -0.3 is 9.88 Å². The second-order valence-electron chi connectivity index (χ2n) is 6.07. The van der Waals surface area contributed by atoms with Gasteiger partial charge in [-0.1, -0.05) is 18.2 Å². The Balaban J connectivity index is 1.74. The molecule has 29 heavy (non-hydrogen) atoms. The molecule has 0 saturated heterocycles. The van der Waals surface area contributed by atoms with Crippen LogP contribution < -0.4 is 5.32 Å². The maximum atomic E-state index is 13.8. The topological polar surface area (TPSA) is 64.7 Å². The molecule has 0 atom stereocenters. The minimum atomic E-state index is -4.80. The molecule has 0 aliphatic rings. The van der Waals surface area contributed by atoms with Gasteiger partial charge in [0, 0.05) is 18.6 Å². The number of nitrogens with zero attached hydrogens (tertiary/aromatic N) is 4. The average molecular weight is 397 g/mol. The van der Waals surface area contributed by atoms with Gasteiger partial charge in [-0.3, -0.25) is 4.79 Å². The Hall–Kier alpha value is -3.88. The molecule has 6 nitrogen and oxygen atoms in total. The number of pyridine rings is 1. The third-order valence-corrected chi connectivity index (χ3v) is 4.18. The van der Waals surface area contributed by atoms with Crippen molar-refractivity contribution in [2.45, 2.75) is 6.18 Å². The molecule has 0 spiro atoms. The predicted octanol–water partition coefficient (Wildman–Crippen LogP) is 4.33. The van der Waals surface area contributed by atoms with E-state index in [2.05, 4.69) is 15.4 Å². The van der Waals surface area contributed by atoms with Crippen LogP contribution in [0.3, 0.4) is 0 Å². The molecule has 1 amide bonds. The van der Waals surface area contributed by atoms with Crippen molar-refractivity contribution in [3.8, 4) is 11.5 Å². The van der Waals surface area contributed by atoms with Crippen LogP contribution in [0.25, 0.3) is 11.5 Å². The summed E-state index contributed by atoms with van der Waals surface area (Å²) in [6.45, 7) is 0. The Morgan fingerprint density at radius 3 is 2.38 bits per heavy atom. The first-order chi connectivity index (χ1) is 13.9. The van der Waals surface area contributed by atoms with Gasteiger partial charge in [0.05, 0.1) is 23.1 Å². The molecule has 1 aromatic carbocycles. The largest absolute Gasteiger partial charge is 0.434 e. The third-order valence-electron chi connectivity index (χ3n) is 4.18. The Morgan fingerprint density at radius 1 is 0.966 bits per heavy atom. The third kappa shape index (κ3) is 3.62. The van der Waals surface area contributed by atoms with Crippen molar-refractivity contribution >= 4 is 11.6 Å². The predicted molar refractivity (Wildman–Crippen MR) is 100 cm³/mol. The number of anilines is 1. The van der Waals surface area contributed by atoms with Gasteiger partial charge in [-0.2, -0.15) is 18.3 Å². The van der Waals surface area contributed by atoms with E-state index in [0.29, 0.717) is 16.1 Å². The second kappa shape index (κ2) is 7.27. The number of nitrogens with one attached hydrogen (secondary N) is 1. The molecule has 3 aromatic heterocycles. The van der Waals surface area contributed by atoms with Gasteiger partial charge >= 0.3 is 6.18 Å². The molecule has 0 aliphatic heterocycles. The quantitative estimate of drug-likeness (QED) is 0.558. The van der Waals surface area contributed by atoms with Crippen molar-refractivity contribution in [3.05, 3.63) is 90.6 Å². The molecule has 4 rings (SSSR count). The molecule has 0 fully saturated rings. The van der Waals surface area contributed by atoms with E-state index >= 15 is 0 Å². The highest BCUT2D eigenvalue weighted by molar-refractivity contribution is 6.06. The Morgan fingerprint density at radius 2 is 1.69 bits per heavy atom. The minimum Gasteiger partial charge on any atom is -0.322 e. The fraction of sp³-hybridized carbons (Fsp3) is 0.0500. The molecule has 0 unspecified atom stereocenters. The fourth-order valence-electron chi connectivity index (χ4n) is 2.93.